The van der Waals surface area contributed by atoms with E-state index in [2.05, 4.69) is 4.98 Å². The van der Waals surface area contributed by atoms with Crippen LogP contribution in [0, 0.1) is 0 Å². The Balaban J connectivity index is 2.42. The molecule has 1 aromatic heterocycles. The number of nitrogen functional groups attached to an aromatic ring is 1. The van der Waals surface area contributed by atoms with E-state index in [-0.39, 0.29) is 0 Å². The molecule has 0 fully saturated rings. The molecular formula is C13H13ClN2O. The molecule has 2 aromatic rings. The van der Waals surface area contributed by atoms with E-state index in [0.717, 1.165) is 11.3 Å². The first-order valence-electron chi connectivity index (χ1n) is 5.35. The molecule has 0 saturated carbocycles. The van der Waals surface area contributed by atoms with Gasteiger partial charge in [0.15, 0.2) is 0 Å². The second-order valence-electron chi connectivity index (χ2n) is 3.56. The minimum absolute atomic E-state index is 0.540. The zero-order chi connectivity index (χ0) is 12.3. The second kappa shape index (κ2) is 5.06. The third kappa shape index (κ3) is 2.68. The van der Waals surface area contributed by atoms with Gasteiger partial charge in [-0.3, -0.25) is 4.98 Å². The quantitative estimate of drug-likeness (QED) is 0.906. The van der Waals surface area contributed by atoms with Gasteiger partial charge in [-0.2, -0.15) is 0 Å². The van der Waals surface area contributed by atoms with Crippen molar-refractivity contribution in [1.82, 2.24) is 4.98 Å². The van der Waals surface area contributed by atoms with Crippen LogP contribution in [0.1, 0.15) is 6.92 Å². The predicted molar refractivity (Wildman–Crippen MR) is 70.3 cm³/mol. The number of hydrogen-bond acceptors (Lipinski definition) is 3. The van der Waals surface area contributed by atoms with Crippen LogP contribution in [0.2, 0.25) is 5.02 Å². The summed E-state index contributed by atoms with van der Waals surface area (Å²) < 4.78 is 5.44. The van der Waals surface area contributed by atoms with Crippen LogP contribution in [-0.2, 0) is 0 Å². The van der Waals surface area contributed by atoms with Crippen molar-refractivity contribution in [3.05, 3.63) is 41.6 Å². The van der Waals surface area contributed by atoms with Crippen molar-refractivity contribution in [3.8, 4) is 17.0 Å². The normalized spacial score (nSPS) is 10.2. The van der Waals surface area contributed by atoms with Crippen LogP contribution >= 0.6 is 11.6 Å². The van der Waals surface area contributed by atoms with Crippen molar-refractivity contribution in [3.63, 3.8) is 0 Å². The van der Waals surface area contributed by atoms with Crippen LogP contribution in [0.4, 0.5) is 5.69 Å². The summed E-state index contributed by atoms with van der Waals surface area (Å²) in [6, 6.07) is 9.35. The molecule has 0 spiro atoms. The molecule has 0 aliphatic heterocycles. The van der Waals surface area contributed by atoms with E-state index in [4.69, 9.17) is 22.1 Å². The van der Waals surface area contributed by atoms with Gasteiger partial charge in [0.25, 0.3) is 0 Å². The number of benzene rings is 1. The van der Waals surface area contributed by atoms with Gasteiger partial charge in [0.05, 0.1) is 29.2 Å². The Bertz CT molecular complexity index is 529. The topological polar surface area (TPSA) is 48.1 Å². The number of anilines is 1. The summed E-state index contributed by atoms with van der Waals surface area (Å²) in [5.41, 5.74) is 7.79. The van der Waals surface area contributed by atoms with E-state index in [9.17, 15) is 0 Å². The average Bonchev–Trinajstić information content (AvgIpc) is 2.29. The zero-order valence-electron chi connectivity index (χ0n) is 9.48. The van der Waals surface area contributed by atoms with E-state index in [1.807, 2.05) is 31.2 Å². The number of rotatable bonds is 3. The van der Waals surface area contributed by atoms with Gasteiger partial charge in [0.2, 0.25) is 0 Å². The Morgan fingerprint density at radius 1 is 1.35 bits per heavy atom. The number of halogens is 1. The van der Waals surface area contributed by atoms with Crippen molar-refractivity contribution >= 4 is 17.3 Å². The monoisotopic (exact) mass is 248 g/mol. The predicted octanol–water partition coefficient (Wildman–Crippen LogP) is 3.38. The Labute approximate surface area is 105 Å². The minimum atomic E-state index is 0.540. The Morgan fingerprint density at radius 2 is 2.18 bits per heavy atom. The van der Waals surface area contributed by atoms with E-state index >= 15 is 0 Å². The molecule has 0 aliphatic rings. The number of ether oxygens (including phenoxy) is 1. The second-order valence-corrected chi connectivity index (χ2v) is 3.97. The maximum Gasteiger partial charge on any atom is 0.119 e. The summed E-state index contributed by atoms with van der Waals surface area (Å²) in [7, 11) is 0. The maximum absolute atomic E-state index is 6.11. The first kappa shape index (κ1) is 11.7. The Hall–Kier alpha value is -1.74. The molecule has 0 bridgehead atoms. The lowest BCUT2D eigenvalue weighted by atomic mass is 10.1. The summed E-state index contributed by atoms with van der Waals surface area (Å²) in [6.07, 6.45) is 1.59. The highest BCUT2D eigenvalue weighted by atomic mass is 35.5. The molecule has 0 amide bonds. The lowest BCUT2D eigenvalue weighted by molar-refractivity contribution is 0.340. The lowest BCUT2D eigenvalue weighted by Gasteiger charge is -2.07. The molecular weight excluding hydrogens is 236 g/mol. The highest BCUT2D eigenvalue weighted by Crippen LogP contribution is 2.29. The van der Waals surface area contributed by atoms with E-state index < -0.39 is 0 Å². The number of aromatic nitrogens is 1. The molecule has 0 saturated heterocycles. The van der Waals surface area contributed by atoms with Crippen LogP contribution in [-0.4, -0.2) is 11.6 Å². The van der Waals surface area contributed by atoms with Crippen LogP contribution in [0.15, 0.2) is 36.5 Å². The van der Waals surface area contributed by atoms with E-state index in [1.165, 1.54) is 0 Å². The van der Waals surface area contributed by atoms with Gasteiger partial charge < -0.3 is 10.5 Å². The van der Waals surface area contributed by atoms with Gasteiger partial charge in [0, 0.05) is 5.56 Å². The van der Waals surface area contributed by atoms with Gasteiger partial charge in [0.1, 0.15) is 5.75 Å². The van der Waals surface area contributed by atoms with Crippen LogP contribution in [0.3, 0.4) is 0 Å². The van der Waals surface area contributed by atoms with E-state index in [0.29, 0.717) is 23.0 Å². The first-order valence-corrected chi connectivity index (χ1v) is 5.72. The molecule has 0 radical (unpaired) electrons. The molecule has 0 unspecified atom stereocenters. The molecule has 3 nitrogen and oxygen atoms in total. The van der Waals surface area contributed by atoms with Crippen molar-refractivity contribution in [2.75, 3.05) is 12.3 Å². The van der Waals surface area contributed by atoms with E-state index in [1.54, 1.807) is 12.3 Å². The number of pyridine rings is 1. The SMILES string of the molecule is CCOc1cccc(-c2ncc(N)cc2Cl)c1. The third-order valence-corrected chi connectivity index (χ3v) is 2.57. The molecule has 17 heavy (non-hydrogen) atoms. The van der Waals surface area contributed by atoms with Gasteiger partial charge in [-0.1, -0.05) is 23.7 Å². The molecule has 0 atom stereocenters. The maximum atomic E-state index is 6.11. The fraction of sp³-hybridized carbons (Fsp3) is 0.154. The third-order valence-electron chi connectivity index (χ3n) is 2.28. The molecule has 88 valence electrons. The summed E-state index contributed by atoms with van der Waals surface area (Å²) in [6.45, 7) is 2.58. The van der Waals surface area contributed by atoms with Crippen LogP contribution in [0.5, 0.6) is 5.75 Å². The van der Waals surface area contributed by atoms with Crippen molar-refractivity contribution in [2.45, 2.75) is 6.92 Å². The van der Waals surface area contributed by atoms with Gasteiger partial charge >= 0.3 is 0 Å². The lowest BCUT2D eigenvalue weighted by Crippen LogP contribution is -1.93. The van der Waals surface area contributed by atoms with Crippen LogP contribution in [0.25, 0.3) is 11.3 Å². The van der Waals surface area contributed by atoms with Crippen molar-refractivity contribution < 1.29 is 4.74 Å². The molecule has 1 aromatic carbocycles. The Morgan fingerprint density at radius 3 is 2.88 bits per heavy atom. The van der Waals surface area contributed by atoms with Gasteiger partial charge in [-0.25, -0.2) is 0 Å². The summed E-state index contributed by atoms with van der Waals surface area (Å²) in [5.74, 6) is 0.805. The largest absolute Gasteiger partial charge is 0.494 e. The molecule has 4 heteroatoms. The zero-order valence-corrected chi connectivity index (χ0v) is 10.2. The van der Waals surface area contributed by atoms with Gasteiger partial charge in [-0.05, 0) is 25.1 Å². The smallest absolute Gasteiger partial charge is 0.119 e. The highest BCUT2D eigenvalue weighted by molar-refractivity contribution is 6.33. The standard InChI is InChI=1S/C13H13ClN2O/c1-2-17-11-5-3-4-9(6-11)13-12(14)7-10(15)8-16-13/h3-8H,2,15H2,1H3. The average molecular weight is 249 g/mol. The summed E-state index contributed by atoms with van der Waals surface area (Å²) in [5, 5.41) is 0.540. The number of nitrogens with two attached hydrogens (primary N) is 1. The fourth-order valence-corrected chi connectivity index (χ4v) is 1.85. The summed E-state index contributed by atoms with van der Waals surface area (Å²) >= 11 is 6.11. The molecule has 0 aliphatic carbocycles. The molecule has 2 N–H and O–H groups in total. The van der Waals surface area contributed by atoms with Crippen molar-refractivity contribution in [2.24, 2.45) is 0 Å². The fourth-order valence-electron chi connectivity index (χ4n) is 1.56. The first-order chi connectivity index (χ1) is 8.20. The van der Waals surface area contributed by atoms with Crippen molar-refractivity contribution in [1.29, 1.82) is 0 Å². The molecule has 1 heterocycles. The summed E-state index contributed by atoms with van der Waals surface area (Å²) in [4.78, 5) is 4.24. The van der Waals surface area contributed by atoms with Crippen LogP contribution < -0.4 is 10.5 Å². The molecule has 2 rings (SSSR count). The number of hydrogen-bond donors (Lipinski definition) is 1. The van der Waals surface area contributed by atoms with Gasteiger partial charge in [-0.15, -0.1) is 0 Å². The minimum Gasteiger partial charge on any atom is -0.494 e. The Kier molecular flexibility index (Phi) is 3.49. The highest BCUT2D eigenvalue weighted by Gasteiger charge is 2.06. The number of nitrogens with zero attached hydrogens (tertiary/aromatic N) is 1.